The van der Waals surface area contributed by atoms with Crippen molar-refractivity contribution in [1.29, 1.82) is 0 Å². The van der Waals surface area contributed by atoms with Crippen molar-refractivity contribution < 1.29 is 13.3 Å². The van der Waals surface area contributed by atoms with E-state index in [4.69, 9.17) is 39.8 Å². The van der Waals surface area contributed by atoms with Crippen LogP contribution in [-0.4, -0.2) is 36.7 Å². The van der Waals surface area contributed by atoms with Crippen LogP contribution in [0.15, 0.2) is 46.7 Å². The molecule has 0 unspecified atom stereocenters. The fraction of sp³-hybridized carbons (Fsp3) is 0.286. The van der Waals surface area contributed by atoms with E-state index in [1.165, 1.54) is 23.5 Å². The van der Waals surface area contributed by atoms with E-state index in [9.17, 15) is 18.5 Å². The lowest BCUT2D eigenvalue weighted by molar-refractivity contribution is -0.384. The summed E-state index contributed by atoms with van der Waals surface area (Å²) < 4.78 is 26.1. The summed E-state index contributed by atoms with van der Waals surface area (Å²) in [5.41, 5.74) is 1.44. The molecule has 0 atom stereocenters. The lowest BCUT2D eigenvalue weighted by atomic mass is 10.1. The molecular formula is C21H18Cl3N3O4S2. The van der Waals surface area contributed by atoms with E-state index in [1.807, 2.05) is 17.5 Å². The number of sulfone groups is 1. The maximum atomic E-state index is 13.1. The maximum absolute atomic E-state index is 13.1. The second-order valence-corrected chi connectivity index (χ2v) is 12.0. The average molecular weight is 547 g/mol. The van der Waals surface area contributed by atoms with Crippen molar-refractivity contribution in [2.75, 3.05) is 18.0 Å². The number of thiazole rings is 1. The molecule has 1 fully saturated rings. The van der Waals surface area contributed by atoms with E-state index < -0.39 is 25.7 Å². The summed E-state index contributed by atoms with van der Waals surface area (Å²) in [5.74, 6) is 0. The molecule has 1 aromatic heterocycles. The van der Waals surface area contributed by atoms with E-state index in [-0.39, 0.29) is 9.92 Å². The topological polar surface area (TPSA) is 93.4 Å². The Kier molecular flexibility index (Phi) is 7.16. The molecule has 3 aromatic rings. The van der Waals surface area contributed by atoms with Gasteiger partial charge in [-0.1, -0.05) is 34.8 Å². The van der Waals surface area contributed by atoms with Crippen molar-refractivity contribution >= 4 is 66.8 Å². The van der Waals surface area contributed by atoms with E-state index in [0.717, 1.165) is 22.5 Å². The van der Waals surface area contributed by atoms with Crippen LogP contribution in [0.3, 0.4) is 0 Å². The fourth-order valence-electron chi connectivity index (χ4n) is 3.80. The first-order valence-corrected chi connectivity index (χ1v) is 13.5. The summed E-state index contributed by atoms with van der Waals surface area (Å²) >= 11 is 19.5. The number of nitro benzene ring substituents is 1. The first-order valence-electron chi connectivity index (χ1n) is 9.95. The highest BCUT2D eigenvalue weighted by atomic mass is 35.5. The normalized spacial score (nSPS) is 15.1. The van der Waals surface area contributed by atoms with Gasteiger partial charge in [0.1, 0.15) is 5.02 Å². The zero-order valence-electron chi connectivity index (χ0n) is 17.1. The predicted octanol–water partition coefficient (Wildman–Crippen LogP) is 6.05. The summed E-state index contributed by atoms with van der Waals surface area (Å²) in [7, 11) is -3.72. The van der Waals surface area contributed by atoms with Gasteiger partial charge in [0, 0.05) is 41.0 Å². The van der Waals surface area contributed by atoms with E-state index in [1.54, 1.807) is 6.07 Å². The van der Waals surface area contributed by atoms with E-state index in [2.05, 4.69) is 4.90 Å². The average Bonchev–Trinajstić information content (AvgIpc) is 3.21. The highest BCUT2D eigenvalue weighted by Crippen LogP contribution is 2.33. The van der Waals surface area contributed by atoms with Crippen molar-refractivity contribution in [3.05, 3.63) is 78.2 Å². The number of rotatable bonds is 6. The monoisotopic (exact) mass is 545 g/mol. The Hall–Kier alpha value is -1.91. The van der Waals surface area contributed by atoms with Crippen molar-refractivity contribution in [2.45, 2.75) is 29.4 Å². The van der Waals surface area contributed by atoms with Gasteiger partial charge in [0.25, 0.3) is 5.69 Å². The molecular weight excluding hydrogens is 529 g/mol. The third-order valence-electron chi connectivity index (χ3n) is 5.44. The number of nitro groups is 1. The Morgan fingerprint density at radius 2 is 1.76 bits per heavy atom. The molecule has 4 rings (SSSR count). The molecule has 12 heteroatoms. The maximum Gasteiger partial charge on any atom is 0.289 e. The summed E-state index contributed by atoms with van der Waals surface area (Å²) in [4.78, 5) is 17.1. The lowest BCUT2D eigenvalue weighted by Gasteiger charge is -2.31. The second-order valence-electron chi connectivity index (χ2n) is 7.68. The molecule has 0 amide bonds. The molecule has 0 saturated carbocycles. The highest BCUT2D eigenvalue weighted by Gasteiger charge is 2.33. The molecule has 1 saturated heterocycles. The van der Waals surface area contributed by atoms with Gasteiger partial charge in [-0.2, -0.15) is 0 Å². The second kappa shape index (κ2) is 9.76. The van der Waals surface area contributed by atoms with Crippen LogP contribution in [0.5, 0.6) is 0 Å². The van der Waals surface area contributed by atoms with Gasteiger partial charge in [-0.25, -0.2) is 13.4 Å². The molecule has 174 valence electrons. The number of hydrogen-bond acceptors (Lipinski definition) is 7. The number of anilines is 1. The van der Waals surface area contributed by atoms with Gasteiger partial charge in [-0.3, -0.25) is 10.1 Å². The molecule has 7 nitrogen and oxygen atoms in total. The van der Waals surface area contributed by atoms with E-state index in [0.29, 0.717) is 42.4 Å². The quantitative estimate of drug-likeness (QED) is 0.276. The van der Waals surface area contributed by atoms with Crippen molar-refractivity contribution in [3.8, 4) is 0 Å². The van der Waals surface area contributed by atoms with Crippen LogP contribution in [0.2, 0.25) is 15.1 Å². The van der Waals surface area contributed by atoms with Crippen LogP contribution < -0.4 is 4.90 Å². The Balaban J connectivity index is 1.43. The Labute approximate surface area is 210 Å². The summed E-state index contributed by atoms with van der Waals surface area (Å²) in [6.45, 7) is 1.05. The largest absolute Gasteiger partial charge is 0.348 e. The standard InChI is InChI=1S/C21H18Cl3N3O4S2/c22-14-7-13(8-15(23)10-14)9-16-12-32-21(25-16)26-5-3-17(4-6-26)33(30,31)18-1-2-19(24)20(11-18)27(28)29/h1-2,7-8,10-12,17H,3-6,9H2. The molecule has 0 N–H and O–H groups in total. The summed E-state index contributed by atoms with van der Waals surface area (Å²) in [6.07, 6.45) is 1.39. The molecule has 1 aliphatic heterocycles. The fourth-order valence-corrected chi connectivity index (χ4v) is 7.19. The lowest BCUT2D eigenvalue weighted by Crippen LogP contribution is -2.39. The molecule has 1 aliphatic rings. The smallest absolute Gasteiger partial charge is 0.289 e. The van der Waals surface area contributed by atoms with Gasteiger partial charge in [-0.15, -0.1) is 11.3 Å². The Bertz CT molecular complexity index is 1290. The van der Waals surface area contributed by atoms with Crippen LogP contribution in [0.4, 0.5) is 10.8 Å². The SMILES string of the molecule is O=[N+]([O-])c1cc(S(=O)(=O)C2CCN(c3nc(Cc4cc(Cl)cc(Cl)c4)cs3)CC2)ccc1Cl. The molecule has 0 spiro atoms. The molecule has 33 heavy (non-hydrogen) atoms. The van der Waals surface area contributed by atoms with E-state index >= 15 is 0 Å². The van der Waals surface area contributed by atoms with Gasteiger partial charge in [0.2, 0.25) is 0 Å². The van der Waals surface area contributed by atoms with Crippen molar-refractivity contribution in [2.24, 2.45) is 0 Å². The minimum Gasteiger partial charge on any atom is -0.348 e. The Morgan fingerprint density at radius 3 is 2.39 bits per heavy atom. The van der Waals surface area contributed by atoms with Crippen LogP contribution in [-0.2, 0) is 16.3 Å². The minimum absolute atomic E-state index is 0.0752. The van der Waals surface area contributed by atoms with Gasteiger partial charge >= 0.3 is 0 Å². The Morgan fingerprint density at radius 1 is 1.09 bits per heavy atom. The molecule has 0 aliphatic carbocycles. The van der Waals surface area contributed by atoms with Gasteiger partial charge in [0.15, 0.2) is 15.0 Å². The molecule has 2 heterocycles. The first kappa shape index (κ1) is 24.2. The number of nitrogens with zero attached hydrogens (tertiary/aromatic N) is 3. The van der Waals surface area contributed by atoms with Gasteiger partial charge < -0.3 is 4.90 Å². The highest BCUT2D eigenvalue weighted by molar-refractivity contribution is 7.92. The third-order valence-corrected chi connectivity index (χ3v) is 9.41. The summed E-state index contributed by atoms with van der Waals surface area (Å²) in [5, 5.41) is 14.4. The minimum atomic E-state index is -3.72. The first-order chi connectivity index (χ1) is 15.6. The predicted molar refractivity (Wildman–Crippen MR) is 132 cm³/mol. The molecule has 0 radical (unpaired) electrons. The number of benzene rings is 2. The van der Waals surface area contributed by atoms with Crippen LogP contribution in [0.1, 0.15) is 24.1 Å². The van der Waals surface area contributed by atoms with Gasteiger partial charge in [0.05, 0.1) is 20.8 Å². The zero-order valence-corrected chi connectivity index (χ0v) is 21.0. The number of halogens is 3. The zero-order chi connectivity index (χ0) is 23.8. The number of piperidine rings is 1. The van der Waals surface area contributed by atoms with Crippen LogP contribution in [0.25, 0.3) is 0 Å². The molecule has 2 aromatic carbocycles. The summed E-state index contributed by atoms with van der Waals surface area (Å²) in [6, 6.07) is 9.00. The van der Waals surface area contributed by atoms with Crippen molar-refractivity contribution in [1.82, 2.24) is 4.98 Å². The number of hydrogen-bond donors (Lipinski definition) is 0. The van der Waals surface area contributed by atoms with Crippen molar-refractivity contribution in [3.63, 3.8) is 0 Å². The van der Waals surface area contributed by atoms with Crippen LogP contribution >= 0.6 is 46.1 Å². The van der Waals surface area contributed by atoms with Gasteiger partial charge in [-0.05, 0) is 48.7 Å². The number of aromatic nitrogens is 1. The van der Waals surface area contributed by atoms with Crippen LogP contribution in [0, 0.1) is 10.1 Å². The molecule has 0 bridgehead atoms. The third kappa shape index (κ3) is 5.44.